The van der Waals surface area contributed by atoms with Gasteiger partial charge in [-0.25, -0.2) is 0 Å². The largest absolute Gasteiger partial charge is 0.756 e. The zero-order valence-corrected chi connectivity index (χ0v) is 49.0. The molecule has 10 heteroatoms. The van der Waals surface area contributed by atoms with Gasteiger partial charge in [0.15, 0.2) is 6.10 Å². The summed E-state index contributed by atoms with van der Waals surface area (Å²) < 4.78 is 34.1. The van der Waals surface area contributed by atoms with Gasteiger partial charge in [0.05, 0.1) is 27.7 Å². The van der Waals surface area contributed by atoms with Crippen LogP contribution in [0.4, 0.5) is 0 Å². The summed E-state index contributed by atoms with van der Waals surface area (Å²) in [7, 11) is 1.17. The molecular weight excluding hydrogens is 930 g/mol. The van der Waals surface area contributed by atoms with Gasteiger partial charge in [-0.3, -0.25) is 14.2 Å². The fraction of sp³-hybridized carbons (Fsp3) is 0.778. The van der Waals surface area contributed by atoms with Crippen molar-refractivity contribution >= 4 is 19.8 Å². The van der Waals surface area contributed by atoms with Crippen LogP contribution in [0.25, 0.3) is 0 Å². The monoisotopic (exact) mass is 1040 g/mol. The van der Waals surface area contributed by atoms with E-state index < -0.39 is 32.5 Å². The van der Waals surface area contributed by atoms with Crippen LogP contribution in [-0.4, -0.2) is 70.0 Å². The highest BCUT2D eigenvalue weighted by Crippen LogP contribution is 2.38. The summed E-state index contributed by atoms with van der Waals surface area (Å²) in [5.41, 5.74) is 0. The molecule has 0 aromatic heterocycles. The van der Waals surface area contributed by atoms with Gasteiger partial charge in [-0.15, -0.1) is 0 Å². The van der Waals surface area contributed by atoms with Gasteiger partial charge < -0.3 is 27.9 Å². The Morgan fingerprint density at radius 1 is 0.438 bits per heavy atom. The maximum absolute atomic E-state index is 12.8. The van der Waals surface area contributed by atoms with Crippen molar-refractivity contribution in [3.63, 3.8) is 0 Å². The van der Waals surface area contributed by atoms with Crippen LogP contribution in [0, 0.1) is 0 Å². The minimum absolute atomic E-state index is 0.0320. The molecule has 0 spiro atoms. The van der Waals surface area contributed by atoms with Crippen molar-refractivity contribution < 1.29 is 42.1 Å². The van der Waals surface area contributed by atoms with Crippen molar-refractivity contribution in [2.45, 2.75) is 270 Å². The molecule has 0 saturated heterocycles. The first-order valence-corrected chi connectivity index (χ1v) is 31.6. The number of nitrogens with zero attached hydrogens (tertiary/aromatic N) is 1. The Balaban J connectivity index is 3.93. The Kier molecular flexibility index (Phi) is 52.4. The summed E-state index contributed by atoms with van der Waals surface area (Å²) in [5, 5.41) is 0. The molecule has 0 aromatic carbocycles. The number of likely N-dealkylation sites (N-methyl/N-ethyl adjacent to an activating group) is 1. The Morgan fingerprint density at radius 3 is 1.18 bits per heavy atom. The second-order valence-corrected chi connectivity index (χ2v) is 22.7. The second kappa shape index (κ2) is 54.2. The van der Waals surface area contributed by atoms with E-state index in [0.717, 1.165) is 89.9 Å². The first kappa shape index (κ1) is 70.5. The van der Waals surface area contributed by atoms with Gasteiger partial charge in [0.25, 0.3) is 7.82 Å². The number of quaternary nitrogens is 1. The molecule has 0 N–H and O–H groups in total. The standard InChI is InChI=1S/C63H114NO8P/c1-6-8-10-12-14-16-18-20-21-22-23-24-25-26-27-28-29-30-31-32-33-34-35-36-37-38-39-40-41-42-43-44-46-48-50-52-54-56-63(66)72-61(60-71-73(67,68)70-58-57-64(3,4)5)59-69-62(65)55-53-51-49-47-45-19-17-15-13-11-9-7-2/h8,10,14-17,20-21,23-24,26-27,61H,6-7,9,11-13,18-19,22,25,28-60H2,1-5H3/b10-8-,16-14-,17-15-,21-20-,24-23-,27-26-. The van der Waals surface area contributed by atoms with Gasteiger partial charge in [0.2, 0.25) is 0 Å². The van der Waals surface area contributed by atoms with E-state index in [-0.39, 0.29) is 26.1 Å². The number of carbonyl (C=O) groups excluding carboxylic acids is 2. The molecule has 0 radical (unpaired) electrons. The first-order valence-electron chi connectivity index (χ1n) is 30.1. The predicted molar refractivity (Wildman–Crippen MR) is 309 cm³/mol. The zero-order chi connectivity index (χ0) is 53.5. The number of unbranched alkanes of at least 4 members (excludes halogenated alkanes) is 29. The summed E-state index contributed by atoms with van der Waals surface area (Å²) in [4.78, 5) is 37.7. The van der Waals surface area contributed by atoms with E-state index in [4.69, 9.17) is 18.5 Å². The Hall–Kier alpha value is -2.55. The Bertz CT molecular complexity index is 1460. The SMILES string of the molecule is CC/C=C\C/C=C\C/C=C\C/C=C\C/C=C\CCCCCCCCCCCCCCCCCCCCCCCC(=O)OC(COC(=O)CCCCCCC/C=C\CCCCC)COP(=O)([O-])OCC[N+](C)(C)C. The first-order chi connectivity index (χ1) is 35.5. The predicted octanol–water partition coefficient (Wildman–Crippen LogP) is 18.2. The summed E-state index contributed by atoms with van der Waals surface area (Å²) >= 11 is 0. The maximum atomic E-state index is 12.8. The number of hydrogen-bond donors (Lipinski definition) is 0. The number of allylic oxidation sites excluding steroid dienone is 12. The van der Waals surface area contributed by atoms with Crippen molar-refractivity contribution in [2.24, 2.45) is 0 Å². The number of phosphoric acid groups is 1. The third kappa shape index (κ3) is 58.6. The highest BCUT2D eigenvalue weighted by molar-refractivity contribution is 7.45. The summed E-state index contributed by atoms with van der Waals surface area (Å²) in [5.74, 6) is -0.837. The van der Waals surface area contributed by atoms with E-state index in [1.807, 2.05) is 21.1 Å². The number of hydrogen-bond acceptors (Lipinski definition) is 8. The van der Waals surface area contributed by atoms with Gasteiger partial charge >= 0.3 is 11.9 Å². The molecule has 0 amide bonds. The molecule has 0 fully saturated rings. The van der Waals surface area contributed by atoms with Crippen molar-refractivity contribution in [1.82, 2.24) is 0 Å². The van der Waals surface area contributed by atoms with Crippen LogP contribution in [0.5, 0.6) is 0 Å². The minimum Gasteiger partial charge on any atom is -0.756 e. The lowest BCUT2D eigenvalue weighted by Gasteiger charge is -2.28. The van der Waals surface area contributed by atoms with E-state index in [9.17, 15) is 19.0 Å². The molecule has 0 aliphatic rings. The lowest BCUT2D eigenvalue weighted by molar-refractivity contribution is -0.870. The summed E-state index contributed by atoms with van der Waals surface area (Å²) in [6.45, 7) is 4.10. The van der Waals surface area contributed by atoms with Gasteiger partial charge in [-0.2, -0.15) is 0 Å². The molecule has 0 heterocycles. The molecular formula is C63H114NO8P. The van der Waals surface area contributed by atoms with E-state index >= 15 is 0 Å². The lowest BCUT2D eigenvalue weighted by Crippen LogP contribution is -2.37. The number of esters is 2. The molecule has 73 heavy (non-hydrogen) atoms. The number of carbonyl (C=O) groups is 2. The highest BCUT2D eigenvalue weighted by Gasteiger charge is 2.22. The fourth-order valence-electron chi connectivity index (χ4n) is 8.33. The van der Waals surface area contributed by atoms with Crippen molar-refractivity contribution in [3.8, 4) is 0 Å². The van der Waals surface area contributed by atoms with Gasteiger partial charge in [0.1, 0.15) is 19.8 Å². The molecule has 2 atom stereocenters. The maximum Gasteiger partial charge on any atom is 0.306 e. The van der Waals surface area contributed by atoms with Crippen LogP contribution in [0.1, 0.15) is 264 Å². The quantitative estimate of drug-likeness (QED) is 0.0195. The average molecular weight is 1040 g/mol. The molecule has 9 nitrogen and oxygen atoms in total. The normalized spacial score (nSPS) is 13.8. The van der Waals surface area contributed by atoms with Crippen molar-refractivity contribution in [2.75, 3.05) is 47.5 Å². The van der Waals surface area contributed by atoms with Crippen LogP contribution in [0.15, 0.2) is 72.9 Å². The van der Waals surface area contributed by atoms with Crippen LogP contribution < -0.4 is 4.89 Å². The van der Waals surface area contributed by atoms with E-state index in [1.54, 1.807) is 0 Å². The fourth-order valence-corrected chi connectivity index (χ4v) is 9.05. The Labute approximate surface area is 450 Å². The summed E-state index contributed by atoms with van der Waals surface area (Å²) in [6, 6.07) is 0. The third-order valence-electron chi connectivity index (χ3n) is 13.0. The van der Waals surface area contributed by atoms with Gasteiger partial charge in [0, 0.05) is 12.8 Å². The highest BCUT2D eigenvalue weighted by atomic mass is 31.2. The minimum atomic E-state index is -4.63. The molecule has 0 bridgehead atoms. The van der Waals surface area contributed by atoms with Gasteiger partial charge in [-0.05, 0) is 83.5 Å². The van der Waals surface area contributed by atoms with E-state index in [1.165, 1.54) is 141 Å². The number of ether oxygens (including phenoxy) is 2. The van der Waals surface area contributed by atoms with E-state index in [2.05, 4.69) is 86.8 Å². The molecule has 0 aromatic rings. The van der Waals surface area contributed by atoms with Gasteiger partial charge in [-0.1, -0.05) is 241 Å². The third-order valence-corrected chi connectivity index (χ3v) is 13.9. The van der Waals surface area contributed by atoms with E-state index in [0.29, 0.717) is 17.4 Å². The number of phosphoric ester groups is 1. The van der Waals surface area contributed by atoms with Crippen molar-refractivity contribution in [3.05, 3.63) is 72.9 Å². The lowest BCUT2D eigenvalue weighted by atomic mass is 10.0. The van der Waals surface area contributed by atoms with Crippen LogP contribution in [-0.2, 0) is 32.7 Å². The molecule has 0 rings (SSSR count). The molecule has 424 valence electrons. The molecule has 0 aliphatic carbocycles. The average Bonchev–Trinajstić information content (AvgIpc) is 3.35. The smallest absolute Gasteiger partial charge is 0.306 e. The number of rotatable bonds is 55. The van der Waals surface area contributed by atoms with Crippen molar-refractivity contribution in [1.29, 1.82) is 0 Å². The van der Waals surface area contributed by atoms with Crippen LogP contribution >= 0.6 is 7.82 Å². The topological polar surface area (TPSA) is 111 Å². The van der Waals surface area contributed by atoms with Crippen LogP contribution in [0.3, 0.4) is 0 Å². The zero-order valence-electron chi connectivity index (χ0n) is 48.1. The molecule has 2 unspecified atom stereocenters. The Morgan fingerprint density at radius 2 is 0.781 bits per heavy atom. The molecule has 0 aliphatic heterocycles. The second-order valence-electron chi connectivity index (χ2n) is 21.3. The molecule has 0 saturated carbocycles. The summed E-state index contributed by atoms with van der Waals surface area (Å²) in [6.07, 6.45) is 71.2. The van der Waals surface area contributed by atoms with Crippen LogP contribution in [0.2, 0.25) is 0 Å².